The van der Waals surface area contributed by atoms with Crippen molar-refractivity contribution < 1.29 is 18.8 Å². The number of anilines is 2. The van der Waals surface area contributed by atoms with Crippen LogP contribution in [0.3, 0.4) is 0 Å². The molecule has 1 saturated heterocycles. The van der Waals surface area contributed by atoms with E-state index in [0.29, 0.717) is 49.3 Å². The van der Waals surface area contributed by atoms with Gasteiger partial charge in [-0.3, -0.25) is 19.5 Å². The first-order valence-corrected chi connectivity index (χ1v) is 10.4. The van der Waals surface area contributed by atoms with E-state index in [1.165, 1.54) is 0 Å². The number of rotatable bonds is 8. The summed E-state index contributed by atoms with van der Waals surface area (Å²) in [6.07, 6.45) is 3.84. The maximum atomic E-state index is 12.3. The molecule has 10 heteroatoms. The molecule has 0 atom stereocenters. The van der Waals surface area contributed by atoms with Gasteiger partial charge in [0.2, 0.25) is 23.5 Å². The van der Waals surface area contributed by atoms with Crippen LogP contribution in [0.1, 0.15) is 12.3 Å². The second kappa shape index (κ2) is 10.6. The molecule has 1 aliphatic heterocycles. The molecule has 0 unspecified atom stereocenters. The number of morpholine rings is 1. The fourth-order valence-electron chi connectivity index (χ4n) is 3.22. The summed E-state index contributed by atoms with van der Waals surface area (Å²) in [5.41, 5.74) is 2.12. The molecule has 1 aliphatic rings. The molecule has 0 radical (unpaired) electrons. The SMILES string of the molecule is O=C(CCc1nc(-c2ccncc2)no1)Nc1ccc(NC(=O)CN2CCOCC2)cc1. The van der Waals surface area contributed by atoms with Crippen molar-refractivity contribution in [2.24, 2.45) is 0 Å². The number of aromatic nitrogens is 3. The van der Waals surface area contributed by atoms with Gasteiger partial charge in [-0.15, -0.1) is 0 Å². The number of amides is 2. The Bertz CT molecular complexity index is 1030. The molecule has 4 rings (SSSR count). The number of hydrogen-bond donors (Lipinski definition) is 2. The van der Waals surface area contributed by atoms with Gasteiger partial charge in [0.05, 0.1) is 19.8 Å². The monoisotopic (exact) mass is 436 g/mol. The average Bonchev–Trinajstić information content (AvgIpc) is 3.29. The van der Waals surface area contributed by atoms with Crippen molar-refractivity contribution >= 4 is 23.2 Å². The van der Waals surface area contributed by atoms with Crippen molar-refractivity contribution in [2.75, 3.05) is 43.5 Å². The highest BCUT2D eigenvalue weighted by atomic mass is 16.5. The van der Waals surface area contributed by atoms with Crippen LogP contribution in [-0.4, -0.2) is 64.7 Å². The first kappa shape index (κ1) is 21.6. The van der Waals surface area contributed by atoms with E-state index in [9.17, 15) is 9.59 Å². The normalized spacial score (nSPS) is 14.1. The van der Waals surface area contributed by atoms with Crippen LogP contribution in [0.5, 0.6) is 0 Å². The van der Waals surface area contributed by atoms with Gasteiger partial charge in [0.15, 0.2) is 0 Å². The predicted octanol–water partition coefficient (Wildman–Crippen LogP) is 1.97. The summed E-state index contributed by atoms with van der Waals surface area (Å²) in [4.78, 5) is 34.7. The molecule has 0 spiro atoms. The third kappa shape index (κ3) is 6.19. The lowest BCUT2D eigenvalue weighted by Gasteiger charge is -2.25. The number of aryl methyl sites for hydroxylation is 1. The van der Waals surface area contributed by atoms with Gasteiger partial charge in [0, 0.05) is 55.3 Å². The average molecular weight is 436 g/mol. The van der Waals surface area contributed by atoms with Crippen LogP contribution in [0.15, 0.2) is 53.3 Å². The molecular weight excluding hydrogens is 412 g/mol. The van der Waals surface area contributed by atoms with E-state index in [-0.39, 0.29) is 18.2 Å². The van der Waals surface area contributed by atoms with Crippen LogP contribution in [0.2, 0.25) is 0 Å². The summed E-state index contributed by atoms with van der Waals surface area (Å²) in [5, 5.41) is 9.62. The zero-order chi connectivity index (χ0) is 22.2. The fourth-order valence-corrected chi connectivity index (χ4v) is 3.22. The van der Waals surface area contributed by atoms with Crippen molar-refractivity contribution in [1.29, 1.82) is 0 Å². The smallest absolute Gasteiger partial charge is 0.238 e. The molecule has 2 N–H and O–H groups in total. The van der Waals surface area contributed by atoms with Gasteiger partial charge in [-0.1, -0.05) is 5.16 Å². The number of hydrogen-bond acceptors (Lipinski definition) is 8. The third-order valence-electron chi connectivity index (χ3n) is 4.90. The molecule has 1 aromatic carbocycles. The van der Waals surface area contributed by atoms with Gasteiger partial charge in [0.25, 0.3) is 0 Å². The van der Waals surface area contributed by atoms with Gasteiger partial charge >= 0.3 is 0 Å². The Hall–Kier alpha value is -3.63. The zero-order valence-electron chi connectivity index (χ0n) is 17.5. The van der Waals surface area contributed by atoms with Gasteiger partial charge < -0.3 is 19.9 Å². The predicted molar refractivity (Wildman–Crippen MR) is 117 cm³/mol. The van der Waals surface area contributed by atoms with Crippen molar-refractivity contribution in [3.63, 3.8) is 0 Å². The van der Waals surface area contributed by atoms with Gasteiger partial charge in [-0.25, -0.2) is 0 Å². The Morgan fingerprint density at radius 3 is 2.28 bits per heavy atom. The minimum Gasteiger partial charge on any atom is -0.379 e. The van der Waals surface area contributed by atoms with Crippen molar-refractivity contribution in [1.82, 2.24) is 20.0 Å². The minimum atomic E-state index is -0.169. The Kier molecular flexibility index (Phi) is 7.15. The number of benzene rings is 1. The van der Waals surface area contributed by atoms with Crippen LogP contribution in [0, 0.1) is 0 Å². The van der Waals surface area contributed by atoms with Gasteiger partial charge in [-0.05, 0) is 36.4 Å². The van der Waals surface area contributed by atoms with Crippen molar-refractivity contribution in [2.45, 2.75) is 12.8 Å². The molecule has 2 aromatic heterocycles. The molecular formula is C22H24N6O4. The molecule has 0 bridgehead atoms. The summed E-state index contributed by atoms with van der Waals surface area (Å²) >= 11 is 0. The largest absolute Gasteiger partial charge is 0.379 e. The third-order valence-corrected chi connectivity index (χ3v) is 4.90. The molecule has 1 fully saturated rings. The van der Waals surface area contributed by atoms with Crippen LogP contribution >= 0.6 is 0 Å². The molecule has 32 heavy (non-hydrogen) atoms. The van der Waals surface area contributed by atoms with Crippen molar-refractivity contribution in [3.05, 3.63) is 54.7 Å². The number of carbonyl (C=O) groups is 2. The number of carbonyl (C=O) groups excluding carboxylic acids is 2. The standard InChI is InChI=1S/C22H24N6O4/c29-19(5-6-21-26-22(27-32-21)16-7-9-23-10-8-16)24-17-1-3-18(4-2-17)25-20(30)15-28-11-13-31-14-12-28/h1-4,7-10H,5-6,11-15H2,(H,24,29)(H,25,30). The highest BCUT2D eigenvalue weighted by Gasteiger charge is 2.14. The Labute approximate surface area is 185 Å². The quantitative estimate of drug-likeness (QED) is 0.550. The Balaban J connectivity index is 1.21. The molecule has 0 saturated carbocycles. The van der Waals surface area contributed by atoms with E-state index in [2.05, 4.69) is 30.7 Å². The summed E-state index contributed by atoms with van der Waals surface area (Å²) < 4.78 is 10.5. The molecule has 0 aliphatic carbocycles. The summed E-state index contributed by atoms with van der Waals surface area (Å²) in [6, 6.07) is 10.6. The van der Waals surface area contributed by atoms with E-state index in [0.717, 1.165) is 18.7 Å². The number of nitrogens with zero attached hydrogens (tertiary/aromatic N) is 4. The van der Waals surface area contributed by atoms with E-state index in [4.69, 9.17) is 9.26 Å². The second-order valence-corrected chi connectivity index (χ2v) is 7.31. The second-order valence-electron chi connectivity index (χ2n) is 7.31. The number of ether oxygens (including phenoxy) is 1. The summed E-state index contributed by atoms with van der Waals surface area (Å²) in [6.45, 7) is 3.15. The first-order valence-electron chi connectivity index (χ1n) is 10.4. The molecule has 3 heterocycles. The first-order chi connectivity index (χ1) is 15.7. The van der Waals surface area contributed by atoms with E-state index < -0.39 is 0 Å². The van der Waals surface area contributed by atoms with E-state index in [1.54, 1.807) is 48.8 Å². The minimum absolute atomic E-state index is 0.0747. The highest BCUT2D eigenvalue weighted by Crippen LogP contribution is 2.16. The maximum absolute atomic E-state index is 12.3. The number of nitrogens with one attached hydrogen (secondary N) is 2. The molecule has 166 valence electrons. The lowest BCUT2D eigenvalue weighted by Crippen LogP contribution is -2.41. The van der Waals surface area contributed by atoms with E-state index >= 15 is 0 Å². The van der Waals surface area contributed by atoms with Gasteiger partial charge in [-0.2, -0.15) is 4.98 Å². The van der Waals surface area contributed by atoms with Crippen molar-refractivity contribution in [3.8, 4) is 11.4 Å². The molecule has 3 aromatic rings. The van der Waals surface area contributed by atoms with Gasteiger partial charge in [0.1, 0.15) is 0 Å². The van der Waals surface area contributed by atoms with Crippen LogP contribution in [-0.2, 0) is 20.7 Å². The zero-order valence-corrected chi connectivity index (χ0v) is 17.5. The topological polar surface area (TPSA) is 122 Å². The Morgan fingerprint density at radius 1 is 0.938 bits per heavy atom. The maximum Gasteiger partial charge on any atom is 0.238 e. The van der Waals surface area contributed by atoms with Crippen LogP contribution < -0.4 is 10.6 Å². The molecule has 2 amide bonds. The summed E-state index contributed by atoms with van der Waals surface area (Å²) in [5.74, 6) is 0.617. The Morgan fingerprint density at radius 2 is 1.59 bits per heavy atom. The molecule has 10 nitrogen and oxygen atoms in total. The van der Waals surface area contributed by atoms with Crippen LogP contribution in [0.25, 0.3) is 11.4 Å². The summed E-state index contributed by atoms with van der Waals surface area (Å²) in [7, 11) is 0. The lowest BCUT2D eigenvalue weighted by molar-refractivity contribution is -0.118. The lowest BCUT2D eigenvalue weighted by atomic mass is 10.2. The fraction of sp³-hybridized carbons (Fsp3) is 0.318. The van der Waals surface area contributed by atoms with E-state index in [1.807, 2.05) is 0 Å². The highest BCUT2D eigenvalue weighted by molar-refractivity contribution is 5.93. The van der Waals surface area contributed by atoms with Crippen LogP contribution in [0.4, 0.5) is 11.4 Å². The number of pyridine rings is 1.